The zero-order valence-corrected chi connectivity index (χ0v) is 13.4. The van der Waals surface area contributed by atoms with Gasteiger partial charge in [-0.15, -0.1) is 0 Å². The average molecular weight is 330 g/mol. The molecule has 122 valence electrons. The highest BCUT2D eigenvalue weighted by Gasteiger charge is 2.19. The number of carbonyl (C=O) groups is 1. The lowest BCUT2D eigenvalue weighted by molar-refractivity contribution is 0.112. The van der Waals surface area contributed by atoms with E-state index in [0.717, 1.165) is 33.9 Å². The highest BCUT2D eigenvalue weighted by atomic mass is 16.3. The van der Waals surface area contributed by atoms with Crippen molar-refractivity contribution in [3.8, 4) is 28.2 Å². The van der Waals surface area contributed by atoms with E-state index < -0.39 is 0 Å². The fourth-order valence-electron chi connectivity index (χ4n) is 3.14. The summed E-state index contributed by atoms with van der Waals surface area (Å²) in [5.74, 6) is 0.485. The summed E-state index contributed by atoms with van der Waals surface area (Å²) in [6, 6.07) is 15.0. The summed E-state index contributed by atoms with van der Waals surface area (Å²) in [7, 11) is 0. The van der Waals surface area contributed by atoms with E-state index in [0.29, 0.717) is 16.9 Å². The minimum Gasteiger partial charge on any atom is -0.508 e. The van der Waals surface area contributed by atoms with Crippen molar-refractivity contribution in [1.29, 1.82) is 0 Å². The lowest BCUT2D eigenvalue weighted by atomic mass is 9.90. The minimum atomic E-state index is -0.165. The van der Waals surface area contributed by atoms with Crippen LogP contribution in [0.3, 0.4) is 0 Å². The predicted molar refractivity (Wildman–Crippen MR) is 96.3 cm³/mol. The van der Waals surface area contributed by atoms with Crippen molar-refractivity contribution in [3.63, 3.8) is 0 Å². The zero-order valence-electron chi connectivity index (χ0n) is 13.4. The van der Waals surface area contributed by atoms with E-state index in [1.165, 1.54) is 18.2 Å². The summed E-state index contributed by atoms with van der Waals surface area (Å²) in [5, 5.41) is 10.5. The predicted octanol–water partition coefficient (Wildman–Crippen LogP) is 4.39. The fourth-order valence-corrected chi connectivity index (χ4v) is 3.14. The third kappa shape index (κ3) is 2.48. The Hall–Kier alpha value is -3.40. The van der Waals surface area contributed by atoms with Crippen LogP contribution in [0.4, 0.5) is 0 Å². The second kappa shape index (κ2) is 5.60. The van der Waals surface area contributed by atoms with Crippen LogP contribution in [0, 0.1) is 6.92 Å². The molecule has 4 heteroatoms. The summed E-state index contributed by atoms with van der Waals surface area (Å²) in [6.45, 7) is 1.96. The molecule has 4 rings (SSSR count). The molecule has 4 nitrogen and oxygen atoms in total. The van der Waals surface area contributed by atoms with Crippen molar-refractivity contribution in [1.82, 2.24) is 0 Å². The number of phenols is 1. The SMILES string of the molecule is Cc1ccc(C=O)c(-c2c3ccc(=O)cc-3oc3cc(O)ccc23)c1. The molecule has 25 heavy (non-hydrogen) atoms. The Morgan fingerprint density at radius 1 is 0.960 bits per heavy atom. The van der Waals surface area contributed by atoms with Gasteiger partial charge in [-0.2, -0.15) is 0 Å². The second-order valence-electron chi connectivity index (χ2n) is 6.02. The molecule has 0 saturated heterocycles. The number of fused-ring (bicyclic) bond motifs is 2. The van der Waals surface area contributed by atoms with E-state index in [4.69, 9.17) is 4.42 Å². The summed E-state index contributed by atoms with van der Waals surface area (Å²) >= 11 is 0. The van der Waals surface area contributed by atoms with Crippen molar-refractivity contribution < 1.29 is 14.3 Å². The zero-order chi connectivity index (χ0) is 17.6. The van der Waals surface area contributed by atoms with Crippen LogP contribution in [0.15, 0.2) is 63.8 Å². The Bertz CT molecular complexity index is 1150. The van der Waals surface area contributed by atoms with Gasteiger partial charge in [0.15, 0.2) is 11.7 Å². The average Bonchev–Trinajstić information content (AvgIpc) is 2.59. The molecule has 2 aromatic rings. The molecule has 0 radical (unpaired) electrons. The number of hydrogen-bond acceptors (Lipinski definition) is 4. The topological polar surface area (TPSA) is 67.5 Å². The molecular weight excluding hydrogens is 316 g/mol. The van der Waals surface area contributed by atoms with E-state index in [1.807, 2.05) is 19.1 Å². The number of benzene rings is 3. The molecular formula is C21H14O4. The van der Waals surface area contributed by atoms with E-state index >= 15 is 0 Å². The highest BCUT2D eigenvalue weighted by molar-refractivity contribution is 6.05. The second-order valence-corrected chi connectivity index (χ2v) is 6.02. The lowest BCUT2D eigenvalue weighted by Crippen LogP contribution is -2.00. The number of rotatable bonds is 2. The first-order valence-electron chi connectivity index (χ1n) is 7.82. The molecule has 2 aliphatic rings. The first-order valence-corrected chi connectivity index (χ1v) is 7.82. The minimum absolute atomic E-state index is 0.0691. The van der Waals surface area contributed by atoms with Gasteiger partial charge in [-0.05, 0) is 36.8 Å². The third-order valence-electron chi connectivity index (χ3n) is 4.28. The lowest BCUT2D eigenvalue weighted by Gasteiger charge is -2.16. The van der Waals surface area contributed by atoms with Gasteiger partial charge in [0, 0.05) is 34.2 Å². The number of aryl methyl sites for hydroxylation is 1. The van der Waals surface area contributed by atoms with Gasteiger partial charge < -0.3 is 9.52 Å². The Kier molecular flexibility index (Phi) is 3.39. The first kappa shape index (κ1) is 15.1. The number of hydrogen-bond donors (Lipinski definition) is 1. The highest BCUT2D eigenvalue weighted by Crippen LogP contribution is 2.41. The van der Waals surface area contributed by atoms with Crippen molar-refractivity contribution in [3.05, 3.63) is 75.9 Å². The maximum absolute atomic E-state index is 11.7. The van der Waals surface area contributed by atoms with Crippen LogP contribution in [0.25, 0.3) is 33.4 Å². The number of aldehydes is 1. The molecule has 1 N–H and O–H groups in total. The van der Waals surface area contributed by atoms with Crippen molar-refractivity contribution in [2.75, 3.05) is 0 Å². The summed E-state index contributed by atoms with van der Waals surface area (Å²) in [4.78, 5) is 23.3. The van der Waals surface area contributed by atoms with Crippen LogP contribution in [0.5, 0.6) is 5.75 Å². The Labute approximate surface area is 143 Å². The van der Waals surface area contributed by atoms with E-state index in [9.17, 15) is 14.7 Å². The van der Waals surface area contributed by atoms with Crippen LogP contribution in [0.2, 0.25) is 0 Å². The van der Waals surface area contributed by atoms with E-state index in [-0.39, 0.29) is 11.2 Å². The van der Waals surface area contributed by atoms with E-state index in [2.05, 4.69) is 0 Å². The fraction of sp³-hybridized carbons (Fsp3) is 0.0476. The summed E-state index contributed by atoms with van der Waals surface area (Å²) < 4.78 is 5.83. The van der Waals surface area contributed by atoms with Gasteiger partial charge in [0.25, 0.3) is 0 Å². The molecule has 0 bridgehead atoms. The molecule has 1 aliphatic heterocycles. The largest absolute Gasteiger partial charge is 0.508 e. The van der Waals surface area contributed by atoms with Crippen LogP contribution in [-0.4, -0.2) is 11.4 Å². The monoisotopic (exact) mass is 330 g/mol. The Morgan fingerprint density at radius 2 is 1.80 bits per heavy atom. The van der Waals surface area contributed by atoms with E-state index in [1.54, 1.807) is 24.3 Å². The van der Waals surface area contributed by atoms with Gasteiger partial charge in [-0.25, -0.2) is 0 Å². The molecule has 0 fully saturated rings. The first-order chi connectivity index (χ1) is 12.1. The van der Waals surface area contributed by atoms with Crippen LogP contribution < -0.4 is 5.43 Å². The molecule has 0 amide bonds. The molecule has 0 unspecified atom stereocenters. The number of phenolic OH excluding ortho intramolecular Hbond substituents is 1. The van der Waals surface area contributed by atoms with Crippen LogP contribution in [0.1, 0.15) is 15.9 Å². The molecule has 1 heterocycles. The number of carbonyl (C=O) groups excluding carboxylic acids is 1. The molecule has 0 atom stereocenters. The Balaban J connectivity index is 2.23. The van der Waals surface area contributed by atoms with Gasteiger partial charge in [0.1, 0.15) is 17.1 Å². The van der Waals surface area contributed by atoms with Gasteiger partial charge in [0.2, 0.25) is 0 Å². The summed E-state index contributed by atoms with van der Waals surface area (Å²) in [6.07, 6.45) is 0.818. The normalized spacial score (nSPS) is 11.1. The van der Waals surface area contributed by atoms with Gasteiger partial charge in [-0.3, -0.25) is 9.59 Å². The molecule has 2 aromatic carbocycles. The van der Waals surface area contributed by atoms with Gasteiger partial charge in [-0.1, -0.05) is 23.8 Å². The molecule has 1 aliphatic carbocycles. The summed E-state index contributed by atoms with van der Waals surface area (Å²) in [5.41, 5.74) is 4.17. The van der Waals surface area contributed by atoms with Crippen molar-refractivity contribution in [2.45, 2.75) is 6.92 Å². The molecule has 0 aromatic heterocycles. The third-order valence-corrected chi connectivity index (χ3v) is 4.28. The maximum Gasteiger partial charge on any atom is 0.182 e. The Morgan fingerprint density at radius 3 is 2.60 bits per heavy atom. The molecule has 0 saturated carbocycles. The molecule has 0 spiro atoms. The smallest absolute Gasteiger partial charge is 0.182 e. The van der Waals surface area contributed by atoms with Crippen molar-refractivity contribution in [2.24, 2.45) is 0 Å². The number of aromatic hydroxyl groups is 1. The van der Waals surface area contributed by atoms with Gasteiger partial charge >= 0.3 is 0 Å². The van der Waals surface area contributed by atoms with Gasteiger partial charge in [0.05, 0.1) is 0 Å². The quantitative estimate of drug-likeness (QED) is 0.437. The van der Waals surface area contributed by atoms with Crippen LogP contribution >= 0.6 is 0 Å². The maximum atomic E-state index is 11.7. The van der Waals surface area contributed by atoms with Crippen molar-refractivity contribution >= 4 is 17.3 Å². The van der Waals surface area contributed by atoms with Crippen LogP contribution in [-0.2, 0) is 0 Å². The standard InChI is InChI=1S/C21H14O4/c1-12-2-3-13(11-22)18(8-12)21-16-6-4-14(23)9-19(16)25-20-10-15(24)5-7-17(20)21/h2-11,23H,1H3.